The van der Waals surface area contributed by atoms with Crippen molar-refractivity contribution < 1.29 is 8.78 Å². The van der Waals surface area contributed by atoms with Gasteiger partial charge in [-0.25, -0.2) is 8.78 Å². The van der Waals surface area contributed by atoms with E-state index in [2.05, 4.69) is 50.3 Å². The van der Waals surface area contributed by atoms with Crippen LogP contribution in [0.25, 0.3) is 0 Å². The van der Waals surface area contributed by atoms with Crippen molar-refractivity contribution in [1.29, 1.82) is 0 Å². The molecule has 2 heteroatoms. The van der Waals surface area contributed by atoms with Gasteiger partial charge < -0.3 is 0 Å². The molecule has 0 unspecified atom stereocenters. The molecule has 0 saturated carbocycles. The molecule has 0 radical (unpaired) electrons. The molecule has 2 aromatic rings. The fraction of sp³-hybridized carbons (Fsp3) is 0.429. The second kappa shape index (κ2) is 10.7. The van der Waals surface area contributed by atoms with Crippen molar-refractivity contribution in [2.45, 2.75) is 76.5 Å². The molecular weight excluding hydrogens is 374 g/mol. The van der Waals surface area contributed by atoms with Crippen molar-refractivity contribution in [3.63, 3.8) is 0 Å². The highest BCUT2D eigenvalue weighted by Gasteiger charge is 2.29. The Labute approximate surface area is 180 Å². The van der Waals surface area contributed by atoms with Crippen molar-refractivity contribution >= 4 is 0 Å². The van der Waals surface area contributed by atoms with Gasteiger partial charge in [0.1, 0.15) is 0 Å². The third-order valence-electron chi connectivity index (χ3n) is 6.30. The molecule has 0 nitrogen and oxygen atoms in total. The smallest absolute Gasteiger partial charge is 0.162 e. The number of allylic oxidation sites excluding steroid dienone is 4. The van der Waals surface area contributed by atoms with Gasteiger partial charge in [-0.05, 0) is 36.5 Å². The lowest BCUT2D eigenvalue weighted by Gasteiger charge is -2.32. The SMILES string of the molecule is CCCCCc1ccc(C2(CCCCC)C=CC(c3cccc(F)c3F)C=C2)cc1. The Morgan fingerprint density at radius 3 is 2.13 bits per heavy atom. The molecule has 0 fully saturated rings. The minimum Gasteiger partial charge on any atom is -0.204 e. The maximum Gasteiger partial charge on any atom is 0.162 e. The van der Waals surface area contributed by atoms with E-state index in [0.29, 0.717) is 5.56 Å². The molecule has 0 heterocycles. The number of benzene rings is 2. The van der Waals surface area contributed by atoms with E-state index in [1.165, 1.54) is 49.3 Å². The normalized spacial score (nSPS) is 20.6. The molecule has 3 rings (SSSR count). The number of unbranched alkanes of at least 4 members (excludes halogenated alkanes) is 4. The van der Waals surface area contributed by atoms with Crippen LogP contribution < -0.4 is 0 Å². The highest BCUT2D eigenvalue weighted by molar-refractivity contribution is 5.44. The zero-order chi connectivity index (χ0) is 21.4. The van der Waals surface area contributed by atoms with E-state index >= 15 is 0 Å². The maximum atomic E-state index is 14.3. The second-order valence-corrected chi connectivity index (χ2v) is 8.54. The average molecular weight is 409 g/mol. The molecule has 0 amide bonds. The van der Waals surface area contributed by atoms with E-state index in [-0.39, 0.29) is 11.3 Å². The van der Waals surface area contributed by atoms with Crippen LogP contribution in [0.15, 0.2) is 66.8 Å². The van der Waals surface area contributed by atoms with Crippen molar-refractivity contribution in [3.8, 4) is 0 Å². The Hall–Kier alpha value is -2.22. The van der Waals surface area contributed by atoms with Gasteiger partial charge in [0.25, 0.3) is 0 Å². The molecule has 160 valence electrons. The molecule has 0 bridgehead atoms. The first kappa shape index (κ1) is 22.5. The quantitative estimate of drug-likeness (QED) is 0.273. The summed E-state index contributed by atoms with van der Waals surface area (Å²) in [6, 6.07) is 13.4. The minimum atomic E-state index is -0.784. The van der Waals surface area contributed by atoms with Gasteiger partial charge in [0, 0.05) is 16.9 Å². The van der Waals surface area contributed by atoms with E-state index < -0.39 is 11.6 Å². The van der Waals surface area contributed by atoms with Crippen LogP contribution >= 0.6 is 0 Å². The Morgan fingerprint density at radius 2 is 1.47 bits per heavy atom. The first-order valence-corrected chi connectivity index (χ1v) is 11.5. The second-order valence-electron chi connectivity index (χ2n) is 8.54. The van der Waals surface area contributed by atoms with Crippen molar-refractivity contribution in [1.82, 2.24) is 0 Å². The summed E-state index contributed by atoms with van der Waals surface area (Å²) in [4.78, 5) is 0. The van der Waals surface area contributed by atoms with Crippen molar-refractivity contribution in [2.75, 3.05) is 0 Å². The monoisotopic (exact) mass is 408 g/mol. The summed E-state index contributed by atoms with van der Waals surface area (Å²) >= 11 is 0. The Bertz CT molecular complexity index is 847. The van der Waals surface area contributed by atoms with Gasteiger partial charge in [0.2, 0.25) is 0 Å². The van der Waals surface area contributed by atoms with Crippen LogP contribution in [0.2, 0.25) is 0 Å². The van der Waals surface area contributed by atoms with Crippen molar-refractivity contribution in [3.05, 3.63) is 95.1 Å². The summed E-state index contributed by atoms with van der Waals surface area (Å²) in [6.07, 6.45) is 17.9. The lowest BCUT2D eigenvalue weighted by atomic mass is 9.71. The summed E-state index contributed by atoms with van der Waals surface area (Å²) in [5, 5.41) is 0. The van der Waals surface area contributed by atoms with Crippen LogP contribution in [0.1, 0.15) is 81.4 Å². The zero-order valence-electron chi connectivity index (χ0n) is 18.3. The first-order valence-electron chi connectivity index (χ1n) is 11.5. The van der Waals surface area contributed by atoms with E-state index in [1.54, 1.807) is 12.1 Å². The van der Waals surface area contributed by atoms with Crippen molar-refractivity contribution in [2.24, 2.45) is 0 Å². The fourth-order valence-corrected chi connectivity index (χ4v) is 4.39. The van der Waals surface area contributed by atoms with E-state index in [0.717, 1.165) is 19.3 Å². The molecule has 0 aromatic heterocycles. The molecule has 0 atom stereocenters. The zero-order valence-corrected chi connectivity index (χ0v) is 18.3. The Kier molecular flexibility index (Phi) is 8.01. The largest absolute Gasteiger partial charge is 0.204 e. The summed E-state index contributed by atoms with van der Waals surface area (Å²) in [5.74, 6) is -1.76. The fourth-order valence-electron chi connectivity index (χ4n) is 4.39. The van der Waals surface area contributed by atoms with Gasteiger partial charge in [-0.15, -0.1) is 0 Å². The standard InChI is InChI=1S/C28H34F2/c1-3-5-7-10-22-13-15-24(16-14-22)28(19-8-6-4-2)20-17-23(18-21-28)25-11-9-12-26(29)27(25)30/h9,11-18,20-21,23H,3-8,10,19H2,1-2H3. The van der Waals surface area contributed by atoms with Gasteiger partial charge in [0.15, 0.2) is 11.6 Å². The highest BCUT2D eigenvalue weighted by Crippen LogP contribution is 2.39. The summed E-state index contributed by atoms with van der Waals surface area (Å²) in [7, 11) is 0. The van der Waals surface area contributed by atoms with Gasteiger partial charge in [-0.3, -0.25) is 0 Å². The number of hydrogen-bond acceptors (Lipinski definition) is 0. The lowest BCUT2D eigenvalue weighted by Crippen LogP contribution is -2.24. The first-order chi connectivity index (χ1) is 14.6. The molecule has 1 aliphatic carbocycles. The van der Waals surface area contributed by atoms with Gasteiger partial charge in [-0.1, -0.05) is 107 Å². The van der Waals surface area contributed by atoms with Gasteiger partial charge in [-0.2, -0.15) is 0 Å². The molecule has 0 saturated heterocycles. The number of rotatable bonds is 10. The molecule has 2 aromatic carbocycles. The van der Waals surface area contributed by atoms with Crippen LogP contribution in [0.4, 0.5) is 8.78 Å². The molecule has 0 aliphatic heterocycles. The number of halogens is 2. The number of hydrogen-bond donors (Lipinski definition) is 0. The molecule has 0 spiro atoms. The molecule has 30 heavy (non-hydrogen) atoms. The topological polar surface area (TPSA) is 0 Å². The molecule has 1 aliphatic rings. The van der Waals surface area contributed by atoms with Crippen LogP contribution in [0.3, 0.4) is 0 Å². The minimum absolute atomic E-state index is 0.169. The maximum absolute atomic E-state index is 14.3. The third kappa shape index (κ3) is 5.28. The Morgan fingerprint density at radius 1 is 0.800 bits per heavy atom. The van der Waals surface area contributed by atoms with E-state index in [1.807, 2.05) is 12.2 Å². The van der Waals surface area contributed by atoms with Crippen LogP contribution in [-0.2, 0) is 11.8 Å². The van der Waals surface area contributed by atoms with Crippen LogP contribution in [-0.4, -0.2) is 0 Å². The third-order valence-corrected chi connectivity index (χ3v) is 6.30. The van der Waals surface area contributed by atoms with Crippen LogP contribution in [0, 0.1) is 11.6 Å². The van der Waals surface area contributed by atoms with E-state index in [4.69, 9.17) is 0 Å². The summed E-state index contributed by atoms with van der Waals surface area (Å²) in [5.41, 5.74) is 2.90. The predicted octanol–water partition coefficient (Wildman–Crippen LogP) is 8.43. The lowest BCUT2D eigenvalue weighted by molar-refractivity contribution is 0.496. The molecule has 0 N–H and O–H groups in total. The average Bonchev–Trinajstić information content (AvgIpc) is 2.77. The number of aryl methyl sites for hydroxylation is 1. The summed E-state index contributed by atoms with van der Waals surface area (Å²) < 4.78 is 28.0. The highest BCUT2D eigenvalue weighted by atomic mass is 19.2. The molecular formula is C28H34F2. The predicted molar refractivity (Wildman–Crippen MR) is 123 cm³/mol. The van der Waals surface area contributed by atoms with Gasteiger partial charge >= 0.3 is 0 Å². The summed E-state index contributed by atoms with van der Waals surface area (Å²) in [6.45, 7) is 4.45. The van der Waals surface area contributed by atoms with Crippen LogP contribution in [0.5, 0.6) is 0 Å². The Balaban J connectivity index is 1.83. The van der Waals surface area contributed by atoms with E-state index in [9.17, 15) is 8.78 Å². The van der Waals surface area contributed by atoms with Gasteiger partial charge in [0.05, 0.1) is 0 Å².